The Morgan fingerprint density at radius 1 is 1.25 bits per heavy atom. The van der Waals surface area contributed by atoms with Gasteiger partial charge in [0.25, 0.3) is 5.56 Å². The molecule has 1 aliphatic rings. The van der Waals surface area contributed by atoms with Crippen molar-refractivity contribution in [1.82, 2.24) is 10.5 Å². The zero-order valence-electron chi connectivity index (χ0n) is 10.7. The Balaban J connectivity index is 1.83. The Morgan fingerprint density at radius 3 is 2.80 bits per heavy atom. The largest absolute Gasteiger partial charge is 0.383 e. The van der Waals surface area contributed by atoms with Gasteiger partial charge < -0.3 is 9.84 Å². The number of benzene rings is 1. The van der Waals surface area contributed by atoms with Crippen molar-refractivity contribution < 1.29 is 4.52 Å². The van der Waals surface area contributed by atoms with Crippen LogP contribution in [0.2, 0.25) is 10.0 Å². The van der Waals surface area contributed by atoms with Crippen LogP contribution in [0.15, 0.2) is 33.6 Å². The van der Waals surface area contributed by atoms with Crippen LogP contribution in [0.5, 0.6) is 0 Å². The molecule has 0 radical (unpaired) electrons. The Labute approximate surface area is 126 Å². The molecule has 0 saturated carbocycles. The van der Waals surface area contributed by atoms with E-state index in [1.807, 2.05) is 12.1 Å². The maximum absolute atomic E-state index is 11.2. The monoisotopic (exact) mass is 312 g/mol. The molecule has 2 N–H and O–H groups in total. The first-order valence-corrected chi connectivity index (χ1v) is 7.26. The minimum Gasteiger partial charge on any atom is -0.383 e. The lowest BCUT2D eigenvalue weighted by Crippen LogP contribution is -2.31. The fraction of sp³-hybridized carbons (Fsp3) is 0.357. The van der Waals surface area contributed by atoms with Crippen molar-refractivity contribution in [3.05, 3.63) is 56.0 Å². The first-order valence-electron chi connectivity index (χ1n) is 6.50. The van der Waals surface area contributed by atoms with Gasteiger partial charge in [0.15, 0.2) is 0 Å². The molecule has 0 aliphatic carbocycles. The van der Waals surface area contributed by atoms with Crippen LogP contribution in [0.1, 0.15) is 36.1 Å². The number of rotatable bonds is 2. The van der Waals surface area contributed by atoms with Crippen molar-refractivity contribution >= 4 is 23.2 Å². The molecule has 3 rings (SSSR count). The van der Waals surface area contributed by atoms with E-state index in [4.69, 9.17) is 27.7 Å². The van der Waals surface area contributed by atoms with E-state index in [1.54, 1.807) is 6.07 Å². The van der Waals surface area contributed by atoms with E-state index in [0.29, 0.717) is 15.8 Å². The molecule has 1 aromatic carbocycles. The molecule has 4 nitrogen and oxygen atoms in total. The van der Waals surface area contributed by atoms with Crippen molar-refractivity contribution in [2.75, 3.05) is 6.54 Å². The van der Waals surface area contributed by atoms with Crippen LogP contribution < -0.4 is 10.9 Å². The predicted molar refractivity (Wildman–Crippen MR) is 78.5 cm³/mol. The smallest absolute Gasteiger partial charge is 0.280 e. The first-order chi connectivity index (χ1) is 9.63. The lowest BCUT2D eigenvalue weighted by Gasteiger charge is -2.29. The van der Waals surface area contributed by atoms with Gasteiger partial charge in [-0.05, 0) is 37.1 Å². The molecule has 0 bridgehead atoms. The van der Waals surface area contributed by atoms with Gasteiger partial charge in [-0.3, -0.25) is 4.79 Å². The van der Waals surface area contributed by atoms with Crippen molar-refractivity contribution in [2.45, 2.75) is 24.8 Å². The summed E-state index contributed by atoms with van der Waals surface area (Å²) < 4.78 is 5.22. The number of halogens is 2. The van der Waals surface area contributed by atoms with E-state index in [2.05, 4.69) is 10.5 Å². The summed E-state index contributed by atoms with van der Waals surface area (Å²) >= 11 is 12.2. The second kappa shape index (κ2) is 5.64. The molecule has 1 aromatic heterocycles. The van der Waals surface area contributed by atoms with Gasteiger partial charge in [-0.25, -0.2) is 0 Å². The molecule has 20 heavy (non-hydrogen) atoms. The molecule has 2 heterocycles. The number of piperidine rings is 1. The second-order valence-electron chi connectivity index (χ2n) is 5.01. The fourth-order valence-corrected chi connectivity index (χ4v) is 3.24. The van der Waals surface area contributed by atoms with Gasteiger partial charge in [0.05, 0.1) is 0 Å². The minimum atomic E-state index is -0.195. The van der Waals surface area contributed by atoms with Crippen molar-refractivity contribution in [3.63, 3.8) is 0 Å². The SMILES string of the molecule is O=c1cc([C@H]2CCN[C@@H](c3ccc(Cl)cc3Cl)C2)o[nH]1. The number of aromatic amines is 1. The van der Waals surface area contributed by atoms with Gasteiger partial charge in [0.1, 0.15) is 5.76 Å². The number of nitrogens with one attached hydrogen (secondary N) is 2. The van der Waals surface area contributed by atoms with Crippen LogP contribution in [-0.4, -0.2) is 11.7 Å². The summed E-state index contributed by atoms with van der Waals surface area (Å²) in [6, 6.07) is 7.19. The molecule has 1 saturated heterocycles. The topological polar surface area (TPSA) is 58.0 Å². The maximum atomic E-state index is 11.2. The van der Waals surface area contributed by atoms with Crippen LogP contribution >= 0.6 is 23.2 Å². The Morgan fingerprint density at radius 2 is 2.10 bits per heavy atom. The van der Waals surface area contributed by atoms with Gasteiger partial charge >= 0.3 is 0 Å². The fourth-order valence-electron chi connectivity index (χ4n) is 2.70. The third-order valence-corrected chi connectivity index (χ3v) is 4.25. The van der Waals surface area contributed by atoms with E-state index in [0.717, 1.165) is 24.9 Å². The maximum Gasteiger partial charge on any atom is 0.280 e. The van der Waals surface area contributed by atoms with Gasteiger partial charge in [-0.15, -0.1) is 0 Å². The number of hydrogen-bond acceptors (Lipinski definition) is 3. The van der Waals surface area contributed by atoms with Gasteiger partial charge in [0.2, 0.25) is 0 Å². The Bertz CT molecular complexity index is 665. The van der Waals surface area contributed by atoms with Crippen LogP contribution in [0.4, 0.5) is 0 Å². The third-order valence-electron chi connectivity index (χ3n) is 3.69. The molecule has 0 spiro atoms. The Hall–Kier alpha value is -1.23. The van der Waals surface area contributed by atoms with Crippen LogP contribution in [0, 0.1) is 0 Å². The lowest BCUT2D eigenvalue weighted by atomic mass is 9.87. The minimum absolute atomic E-state index is 0.138. The molecule has 2 aromatic rings. The average Bonchev–Trinajstić information content (AvgIpc) is 2.86. The first kappa shape index (κ1) is 13.7. The van der Waals surface area contributed by atoms with Crippen LogP contribution in [0.3, 0.4) is 0 Å². The van der Waals surface area contributed by atoms with E-state index < -0.39 is 0 Å². The predicted octanol–water partition coefficient (Wildman–Crippen LogP) is 3.48. The van der Waals surface area contributed by atoms with E-state index in [9.17, 15) is 4.79 Å². The highest BCUT2D eigenvalue weighted by molar-refractivity contribution is 6.35. The number of aromatic nitrogens is 1. The highest BCUT2D eigenvalue weighted by Crippen LogP contribution is 2.36. The summed E-state index contributed by atoms with van der Waals surface area (Å²) in [4.78, 5) is 11.2. The quantitative estimate of drug-likeness (QED) is 0.892. The van der Waals surface area contributed by atoms with Gasteiger partial charge in [-0.2, -0.15) is 5.16 Å². The average molecular weight is 313 g/mol. The summed E-state index contributed by atoms with van der Waals surface area (Å²) in [6.45, 7) is 0.850. The molecule has 0 unspecified atom stereocenters. The molecule has 2 atom stereocenters. The normalized spacial score (nSPS) is 22.9. The summed E-state index contributed by atoms with van der Waals surface area (Å²) in [7, 11) is 0. The molecule has 6 heteroatoms. The highest BCUT2D eigenvalue weighted by Gasteiger charge is 2.27. The van der Waals surface area contributed by atoms with E-state index in [1.165, 1.54) is 6.07 Å². The van der Waals surface area contributed by atoms with Crippen molar-refractivity contribution in [3.8, 4) is 0 Å². The Kier molecular flexibility index (Phi) is 3.87. The number of hydrogen-bond donors (Lipinski definition) is 2. The summed E-state index contributed by atoms with van der Waals surface area (Å²) in [5.74, 6) is 0.929. The van der Waals surface area contributed by atoms with E-state index in [-0.39, 0.29) is 17.5 Å². The summed E-state index contributed by atoms with van der Waals surface area (Å²) in [5, 5.41) is 7.08. The lowest BCUT2D eigenvalue weighted by molar-refractivity contribution is 0.295. The molecule has 106 valence electrons. The standard InChI is InChI=1S/C14H14Cl2N2O2/c15-9-1-2-10(11(16)6-9)12-5-8(3-4-17-12)13-7-14(19)18-20-13/h1-2,6-8,12,17H,3-5H2,(H,18,19)/t8-,12+/m0/s1. The van der Waals surface area contributed by atoms with Crippen molar-refractivity contribution in [1.29, 1.82) is 0 Å². The molecular weight excluding hydrogens is 299 g/mol. The number of H-pyrrole nitrogens is 1. The van der Waals surface area contributed by atoms with Crippen LogP contribution in [-0.2, 0) is 0 Å². The highest BCUT2D eigenvalue weighted by atomic mass is 35.5. The zero-order valence-corrected chi connectivity index (χ0v) is 12.2. The molecular formula is C14H14Cl2N2O2. The third kappa shape index (κ3) is 2.77. The molecule has 0 amide bonds. The van der Waals surface area contributed by atoms with Crippen molar-refractivity contribution in [2.24, 2.45) is 0 Å². The van der Waals surface area contributed by atoms with Gasteiger partial charge in [0, 0.05) is 28.1 Å². The summed E-state index contributed by atoms with van der Waals surface area (Å²) in [5.41, 5.74) is 0.832. The second-order valence-corrected chi connectivity index (χ2v) is 5.85. The summed E-state index contributed by atoms with van der Waals surface area (Å²) in [6.07, 6.45) is 1.77. The zero-order chi connectivity index (χ0) is 14.1. The molecule has 1 aliphatic heterocycles. The van der Waals surface area contributed by atoms with E-state index >= 15 is 0 Å². The van der Waals surface area contributed by atoms with Crippen LogP contribution in [0.25, 0.3) is 0 Å². The van der Waals surface area contributed by atoms with Gasteiger partial charge in [-0.1, -0.05) is 29.3 Å². The molecule has 1 fully saturated rings.